The number of hydrogen-bond acceptors (Lipinski definition) is 3. The van der Waals surface area contributed by atoms with Crippen LogP contribution >= 0.6 is 11.6 Å². The first-order valence-electron chi connectivity index (χ1n) is 7.63. The summed E-state index contributed by atoms with van der Waals surface area (Å²) in [4.78, 5) is 12.3. The van der Waals surface area contributed by atoms with Crippen LogP contribution in [-0.2, 0) is 11.8 Å². The number of ether oxygens (including phenoxy) is 1. The number of methoxy groups -OCH3 is 1. The topological polar surface area (TPSA) is 43.3 Å². The molecule has 0 fully saturated rings. The Morgan fingerprint density at radius 2 is 1.96 bits per heavy atom. The van der Waals surface area contributed by atoms with Crippen molar-refractivity contribution in [2.24, 2.45) is 7.05 Å². The number of benzene rings is 2. The van der Waals surface area contributed by atoms with Crippen LogP contribution in [0.3, 0.4) is 0 Å². The third-order valence-corrected chi connectivity index (χ3v) is 4.55. The first-order chi connectivity index (χ1) is 11.4. The number of hydrogen-bond donors (Lipinski definition) is 1. The summed E-state index contributed by atoms with van der Waals surface area (Å²) < 4.78 is 6.81. The molecule has 124 valence electrons. The molecule has 0 saturated carbocycles. The van der Waals surface area contributed by atoms with Gasteiger partial charge in [0.05, 0.1) is 18.3 Å². The summed E-state index contributed by atoms with van der Waals surface area (Å²) in [5.41, 5.74) is 5.09. The molecule has 0 unspecified atom stereocenters. The maximum absolute atomic E-state index is 12.3. The van der Waals surface area contributed by atoms with Crippen molar-refractivity contribution >= 4 is 39.8 Å². The average molecular weight is 343 g/mol. The second-order valence-electron chi connectivity index (χ2n) is 5.89. The number of aromatic nitrogens is 1. The molecule has 0 atom stereocenters. The van der Waals surface area contributed by atoms with Crippen LogP contribution in [0.15, 0.2) is 36.4 Å². The first kappa shape index (κ1) is 16.4. The lowest BCUT2D eigenvalue weighted by Gasteiger charge is -2.09. The second kappa shape index (κ2) is 6.21. The highest BCUT2D eigenvalue weighted by Gasteiger charge is 2.22. The van der Waals surface area contributed by atoms with Gasteiger partial charge in [-0.15, -0.1) is 0 Å². The summed E-state index contributed by atoms with van der Waals surface area (Å²) >= 11 is 6.31. The quantitative estimate of drug-likeness (QED) is 0.683. The summed E-state index contributed by atoms with van der Waals surface area (Å²) in [6, 6.07) is 11.8. The molecule has 1 N–H and O–H groups in total. The number of aryl methyl sites for hydroxylation is 3. The zero-order valence-corrected chi connectivity index (χ0v) is 14.9. The fraction of sp³-hybridized carbons (Fsp3) is 0.211. The van der Waals surface area contributed by atoms with E-state index in [9.17, 15) is 4.79 Å². The zero-order valence-electron chi connectivity index (χ0n) is 14.1. The molecule has 5 heteroatoms. The number of carbonyl (C=O) groups excluding carboxylic acids is 1. The largest absolute Gasteiger partial charge is 0.464 e. The summed E-state index contributed by atoms with van der Waals surface area (Å²) in [5.74, 6) is -0.391. The van der Waals surface area contributed by atoms with Gasteiger partial charge in [0.1, 0.15) is 0 Å². The van der Waals surface area contributed by atoms with Crippen molar-refractivity contribution in [1.29, 1.82) is 0 Å². The third kappa shape index (κ3) is 2.74. The van der Waals surface area contributed by atoms with Gasteiger partial charge in [-0.25, -0.2) is 4.79 Å². The van der Waals surface area contributed by atoms with Crippen LogP contribution in [0.1, 0.15) is 21.6 Å². The minimum Gasteiger partial charge on any atom is -0.464 e. The van der Waals surface area contributed by atoms with Gasteiger partial charge in [0, 0.05) is 23.1 Å². The standard InChI is InChI=1S/C19H19ClN2O2/c1-11-6-5-7-13(8-11)21-17-14-10-15(20)12(2)9-16(14)22(3)18(17)19(23)24-4/h5-10,21H,1-4H3. The van der Waals surface area contributed by atoms with Crippen LogP contribution in [0.25, 0.3) is 10.9 Å². The van der Waals surface area contributed by atoms with Crippen LogP contribution in [0.4, 0.5) is 11.4 Å². The molecule has 3 aromatic rings. The SMILES string of the molecule is COC(=O)c1c(Nc2cccc(C)c2)c2cc(Cl)c(C)cc2n1C. The molecule has 1 heterocycles. The van der Waals surface area contributed by atoms with E-state index in [2.05, 4.69) is 5.32 Å². The van der Waals surface area contributed by atoms with Crippen molar-refractivity contribution in [2.45, 2.75) is 13.8 Å². The Morgan fingerprint density at radius 1 is 1.21 bits per heavy atom. The van der Waals surface area contributed by atoms with Gasteiger partial charge in [0.2, 0.25) is 0 Å². The first-order valence-corrected chi connectivity index (χ1v) is 8.00. The number of rotatable bonds is 3. The molecule has 0 aliphatic heterocycles. The lowest BCUT2D eigenvalue weighted by atomic mass is 10.1. The molecule has 0 saturated heterocycles. The maximum Gasteiger partial charge on any atom is 0.356 e. The summed E-state index contributed by atoms with van der Waals surface area (Å²) in [5, 5.41) is 4.91. The molecular weight excluding hydrogens is 324 g/mol. The Bertz CT molecular complexity index is 944. The highest BCUT2D eigenvalue weighted by atomic mass is 35.5. The predicted molar refractivity (Wildman–Crippen MR) is 98.5 cm³/mol. The molecule has 2 aromatic carbocycles. The number of esters is 1. The maximum atomic E-state index is 12.3. The smallest absolute Gasteiger partial charge is 0.356 e. The van der Waals surface area contributed by atoms with Gasteiger partial charge in [0.15, 0.2) is 5.69 Å². The lowest BCUT2D eigenvalue weighted by Crippen LogP contribution is -2.10. The van der Waals surface area contributed by atoms with E-state index in [4.69, 9.17) is 16.3 Å². The molecule has 0 radical (unpaired) electrons. The van der Waals surface area contributed by atoms with E-state index in [1.807, 2.05) is 61.9 Å². The Labute approximate surface area is 146 Å². The van der Waals surface area contributed by atoms with Gasteiger partial charge in [0.25, 0.3) is 0 Å². The van der Waals surface area contributed by atoms with Crippen molar-refractivity contribution in [3.8, 4) is 0 Å². The van der Waals surface area contributed by atoms with E-state index in [1.165, 1.54) is 7.11 Å². The van der Waals surface area contributed by atoms with Gasteiger partial charge >= 0.3 is 5.97 Å². The van der Waals surface area contributed by atoms with Gasteiger partial charge < -0.3 is 14.6 Å². The van der Waals surface area contributed by atoms with Gasteiger partial charge in [-0.05, 0) is 49.2 Å². The van der Waals surface area contributed by atoms with Crippen molar-refractivity contribution < 1.29 is 9.53 Å². The molecule has 24 heavy (non-hydrogen) atoms. The Balaban J connectivity index is 2.27. The highest BCUT2D eigenvalue weighted by molar-refractivity contribution is 6.32. The molecule has 0 aliphatic rings. The van der Waals surface area contributed by atoms with E-state index < -0.39 is 5.97 Å². The Hall–Kier alpha value is -2.46. The van der Waals surface area contributed by atoms with Crippen molar-refractivity contribution in [1.82, 2.24) is 4.57 Å². The van der Waals surface area contributed by atoms with Crippen LogP contribution in [-0.4, -0.2) is 17.6 Å². The van der Waals surface area contributed by atoms with Gasteiger partial charge in [-0.2, -0.15) is 0 Å². The fourth-order valence-electron chi connectivity index (χ4n) is 2.89. The lowest BCUT2D eigenvalue weighted by molar-refractivity contribution is 0.0591. The van der Waals surface area contributed by atoms with Crippen LogP contribution in [0.2, 0.25) is 5.02 Å². The van der Waals surface area contributed by atoms with Gasteiger partial charge in [-0.1, -0.05) is 23.7 Å². The highest BCUT2D eigenvalue weighted by Crippen LogP contribution is 2.36. The molecule has 0 spiro atoms. The molecule has 1 aromatic heterocycles. The molecule has 3 rings (SSSR count). The molecule has 0 aliphatic carbocycles. The number of nitrogens with zero attached hydrogens (tertiary/aromatic N) is 1. The van der Waals surface area contributed by atoms with Crippen molar-refractivity contribution in [3.63, 3.8) is 0 Å². The van der Waals surface area contributed by atoms with Crippen LogP contribution < -0.4 is 5.32 Å². The molecule has 4 nitrogen and oxygen atoms in total. The minimum atomic E-state index is -0.391. The Kier molecular flexibility index (Phi) is 4.24. The van der Waals surface area contributed by atoms with Crippen molar-refractivity contribution in [3.05, 3.63) is 58.2 Å². The number of fused-ring (bicyclic) bond motifs is 1. The molecule has 0 bridgehead atoms. The van der Waals surface area contributed by atoms with Gasteiger partial charge in [-0.3, -0.25) is 0 Å². The van der Waals surface area contributed by atoms with E-state index in [0.717, 1.165) is 27.7 Å². The summed E-state index contributed by atoms with van der Waals surface area (Å²) in [6.45, 7) is 3.97. The normalized spacial score (nSPS) is 10.9. The summed E-state index contributed by atoms with van der Waals surface area (Å²) in [6.07, 6.45) is 0. The average Bonchev–Trinajstić information content (AvgIpc) is 2.79. The predicted octanol–water partition coefficient (Wildman–Crippen LogP) is 4.98. The Morgan fingerprint density at radius 3 is 2.62 bits per heavy atom. The van der Waals surface area contributed by atoms with Crippen molar-refractivity contribution in [2.75, 3.05) is 12.4 Å². The minimum absolute atomic E-state index is 0.391. The second-order valence-corrected chi connectivity index (χ2v) is 6.29. The van der Waals surface area contributed by atoms with Crippen LogP contribution in [0.5, 0.6) is 0 Å². The fourth-order valence-corrected chi connectivity index (χ4v) is 3.05. The third-order valence-electron chi connectivity index (χ3n) is 4.15. The zero-order chi connectivity index (χ0) is 17.4. The van der Waals surface area contributed by atoms with E-state index in [0.29, 0.717) is 16.4 Å². The van der Waals surface area contributed by atoms with E-state index in [1.54, 1.807) is 0 Å². The number of carbonyl (C=O) groups is 1. The number of anilines is 2. The molecular formula is C19H19ClN2O2. The summed E-state index contributed by atoms with van der Waals surface area (Å²) in [7, 11) is 3.23. The molecule has 0 amide bonds. The number of halogens is 1. The number of nitrogens with one attached hydrogen (secondary N) is 1. The van der Waals surface area contributed by atoms with E-state index >= 15 is 0 Å². The van der Waals surface area contributed by atoms with Crippen LogP contribution in [0, 0.1) is 13.8 Å². The van der Waals surface area contributed by atoms with E-state index in [-0.39, 0.29) is 0 Å². The monoisotopic (exact) mass is 342 g/mol.